The molecule has 1 amide bonds. The van der Waals surface area contributed by atoms with Gasteiger partial charge in [-0.1, -0.05) is 71.9 Å². The number of phenolic OH excluding ortho intramolecular Hbond substituents is 1. The number of phenols is 1. The fourth-order valence-electron chi connectivity index (χ4n) is 3.18. The number of carbonyl (C=O) groups is 1. The molecule has 5 heteroatoms. The zero-order valence-electron chi connectivity index (χ0n) is 16.8. The van der Waals surface area contributed by atoms with Gasteiger partial charge in [-0.2, -0.15) is 5.06 Å². The highest BCUT2D eigenvalue weighted by Gasteiger charge is 2.31. The summed E-state index contributed by atoms with van der Waals surface area (Å²) in [4.78, 5) is 11.5. The lowest BCUT2D eigenvalue weighted by Gasteiger charge is -2.31. The largest absolute Gasteiger partial charge is 0.507 e. The average molecular weight is 371 g/mol. The van der Waals surface area contributed by atoms with E-state index in [1.165, 1.54) is 0 Å². The topological polar surface area (TPSA) is 81.0 Å². The number of amides is 1. The van der Waals surface area contributed by atoms with Gasteiger partial charge in [-0.15, -0.1) is 0 Å². The van der Waals surface area contributed by atoms with Gasteiger partial charge in [0, 0.05) is 0 Å². The summed E-state index contributed by atoms with van der Waals surface area (Å²) in [6.45, 7) is 11.9. The Hall–Kier alpha value is -2.53. The minimum absolute atomic E-state index is 0.213. The van der Waals surface area contributed by atoms with Gasteiger partial charge in [0.2, 0.25) is 0 Å². The molecular weight excluding hydrogens is 342 g/mol. The first-order chi connectivity index (χ1) is 12.3. The smallest absolute Gasteiger partial charge is 0.432 e. The zero-order valence-corrected chi connectivity index (χ0v) is 16.8. The molecule has 0 fully saturated rings. The normalized spacial score (nSPS) is 13.3. The van der Waals surface area contributed by atoms with E-state index in [4.69, 9.17) is 0 Å². The highest BCUT2D eigenvalue weighted by atomic mass is 16.6. The molecule has 0 bridgehead atoms. The fraction of sp³-hybridized carbons (Fsp3) is 0.409. The number of aromatic hydroxyl groups is 1. The number of carboxylic acid groups (broad SMARTS) is 1. The van der Waals surface area contributed by atoms with Crippen LogP contribution in [0.25, 0.3) is 0 Å². The molecule has 3 N–H and O–H groups in total. The van der Waals surface area contributed by atoms with Crippen LogP contribution in [0.15, 0.2) is 42.5 Å². The third kappa shape index (κ3) is 4.42. The molecule has 0 aliphatic heterocycles. The Bertz CT molecular complexity index is 781. The molecule has 2 aromatic carbocycles. The third-order valence-electron chi connectivity index (χ3n) is 4.62. The molecule has 0 saturated carbocycles. The van der Waals surface area contributed by atoms with Crippen molar-refractivity contribution in [2.45, 2.75) is 58.4 Å². The van der Waals surface area contributed by atoms with Gasteiger partial charge < -0.3 is 10.2 Å². The van der Waals surface area contributed by atoms with Gasteiger partial charge in [-0.3, -0.25) is 5.21 Å². The summed E-state index contributed by atoms with van der Waals surface area (Å²) in [5, 5.41) is 30.9. The number of nitrogens with zero attached hydrogens (tertiary/aromatic N) is 1. The van der Waals surface area contributed by atoms with E-state index in [2.05, 4.69) is 0 Å². The first kappa shape index (κ1) is 20.8. The first-order valence-electron chi connectivity index (χ1n) is 8.98. The summed E-state index contributed by atoms with van der Waals surface area (Å²) in [6, 6.07) is 11.7. The maximum absolute atomic E-state index is 11.5. The van der Waals surface area contributed by atoms with E-state index >= 15 is 0 Å². The predicted molar refractivity (Wildman–Crippen MR) is 105 cm³/mol. The van der Waals surface area contributed by atoms with Gasteiger partial charge in [0.25, 0.3) is 0 Å². The quantitative estimate of drug-likeness (QED) is 0.495. The van der Waals surface area contributed by atoms with Crippen molar-refractivity contribution in [1.82, 2.24) is 5.06 Å². The second-order valence-electron chi connectivity index (χ2n) is 8.90. The highest BCUT2D eigenvalue weighted by molar-refractivity contribution is 5.65. The van der Waals surface area contributed by atoms with Crippen LogP contribution in [-0.2, 0) is 10.8 Å². The molecule has 0 aromatic heterocycles. The molecule has 0 aliphatic carbocycles. The molecule has 0 saturated heterocycles. The minimum atomic E-state index is -1.44. The van der Waals surface area contributed by atoms with Crippen molar-refractivity contribution >= 4 is 6.09 Å². The van der Waals surface area contributed by atoms with Gasteiger partial charge in [-0.05, 0) is 45.2 Å². The maximum Gasteiger partial charge on any atom is 0.432 e. The van der Waals surface area contributed by atoms with Crippen LogP contribution >= 0.6 is 0 Å². The average Bonchev–Trinajstić information content (AvgIpc) is 2.55. The SMILES string of the molecule is CC(C)(C)c1cc(C(c2ccccc2)N(O)C(=O)O)cc(C(C)(C)C)c1O. The molecule has 27 heavy (non-hydrogen) atoms. The van der Waals surface area contributed by atoms with Crippen LogP contribution in [0.1, 0.15) is 69.8 Å². The standard InChI is InChI=1S/C22H29NO4/c1-21(2,3)16-12-15(13-17(19(16)24)22(4,5)6)18(23(27)20(25)26)14-10-8-7-9-11-14/h7-13,18,24,27H,1-6H3,(H,25,26). The van der Waals surface area contributed by atoms with E-state index < -0.39 is 12.1 Å². The van der Waals surface area contributed by atoms with Crippen LogP contribution in [0, 0.1) is 0 Å². The molecule has 5 nitrogen and oxygen atoms in total. The minimum Gasteiger partial charge on any atom is -0.507 e. The van der Waals surface area contributed by atoms with E-state index in [-0.39, 0.29) is 16.6 Å². The van der Waals surface area contributed by atoms with Gasteiger partial charge in [0.1, 0.15) is 11.8 Å². The summed E-state index contributed by atoms with van der Waals surface area (Å²) in [5.74, 6) is 0.213. The summed E-state index contributed by atoms with van der Waals surface area (Å²) in [5.41, 5.74) is 1.97. The number of hydroxylamine groups is 2. The Morgan fingerprint density at radius 2 is 1.33 bits per heavy atom. The van der Waals surface area contributed by atoms with Gasteiger partial charge in [0.05, 0.1) is 0 Å². The molecule has 1 atom stereocenters. The van der Waals surface area contributed by atoms with Crippen molar-refractivity contribution in [3.05, 3.63) is 64.7 Å². The summed E-state index contributed by atoms with van der Waals surface area (Å²) in [7, 11) is 0. The second kappa shape index (κ2) is 7.24. The Balaban J connectivity index is 2.81. The molecular formula is C22H29NO4. The van der Waals surface area contributed by atoms with Gasteiger partial charge in [-0.25, -0.2) is 4.79 Å². The highest BCUT2D eigenvalue weighted by Crippen LogP contribution is 2.42. The number of rotatable bonds is 3. The molecule has 146 valence electrons. The lowest BCUT2D eigenvalue weighted by atomic mass is 9.77. The Morgan fingerprint density at radius 3 is 1.70 bits per heavy atom. The first-order valence-corrected chi connectivity index (χ1v) is 8.98. The van der Waals surface area contributed by atoms with Crippen LogP contribution in [0.2, 0.25) is 0 Å². The maximum atomic E-state index is 11.5. The van der Waals surface area contributed by atoms with Gasteiger partial charge >= 0.3 is 6.09 Å². The molecule has 0 aliphatic rings. The Labute approximate surface area is 160 Å². The number of benzene rings is 2. The van der Waals surface area contributed by atoms with Crippen LogP contribution in [0.4, 0.5) is 4.79 Å². The van der Waals surface area contributed by atoms with Crippen molar-refractivity contribution < 1.29 is 20.2 Å². The number of hydrogen-bond donors (Lipinski definition) is 3. The Kier molecular flexibility index (Phi) is 5.57. The van der Waals surface area contributed by atoms with Crippen LogP contribution in [0.5, 0.6) is 5.75 Å². The summed E-state index contributed by atoms with van der Waals surface area (Å²) < 4.78 is 0. The van der Waals surface area contributed by atoms with E-state index in [0.717, 1.165) is 0 Å². The fourth-order valence-corrected chi connectivity index (χ4v) is 3.18. The lowest BCUT2D eigenvalue weighted by molar-refractivity contribution is -0.0870. The van der Waals surface area contributed by atoms with Crippen LogP contribution in [0.3, 0.4) is 0 Å². The van der Waals surface area contributed by atoms with Crippen LogP contribution in [-0.4, -0.2) is 26.6 Å². The van der Waals surface area contributed by atoms with E-state index in [0.29, 0.717) is 27.3 Å². The molecule has 2 rings (SSSR count). The van der Waals surface area contributed by atoms with Crippen molar-refractivity contribution in [3.63, 3.8) is 0 Å². The molecule has 0 radical (unpaired) electrons. The van der Waals surface area contributed by atoms with E-state index in [9.17, 15) is 20.2 Å². The van der Waals surface area contributed by atoms with Crippen molar-refractivity contribution in [2.75, 3.05) is 0 Å². The summed E-state index contributed by atoms with van der Waals surface area (Å²) >= 11 is 0. The third-order valence-corrected chi connectivity index (χ3v) is 4.62. The monoisotopic (exact) mass is 371 g/mol. The van der Waals surface area contributed by atoms with Crippen molar-refractivity contribution in [2.24, 2.45) is 0 Å². The number of hydrogen-bond acceptors (Lipinski definition) is 3. The molecule has 0 spiro atoms. The summed E-state index contributed by atoms with van der Waals surface area (Å²) in [6.07, 6.45) is -1.44. The van der Waals surface area contributed by atoms with Crippen molar-refractivity contribution in [1.29, 1.82) is 0 Å². The molecule has 1 unspecified atom stereocenters. The second-order valence-corrected chi connectivity index (χ2v) is 8.90. The predicted octanol–water partition coefficient (Wildman–Crippen LogP) is 5.45. The van der Waals surface area contributed by atoms with Crippen LogP contribution < -0.4 is 0 Å². The molecule has 0 heterocycles. The van der Waals surface area contributed by atoms with Crippen molar-refractivity contribution in [3.8, 4) is 5.75 Å². The zero-order chi connectivity index (χ0) is 20.6. The van der Waals surface area contributed by atoms with Gasteiger partial charge in [0.15, 0.2) is 0 Å². The molecule has 2 aromatic rings. The van der Waals surface area contributed by atoms with E-state index in [1.807, 2.05) is 47.6 Å². The Morgan fingerprint density at radius 1 is 0.889 bits per heavy atom. The van der Waals surface area contributed by atoms with E-state index in [1.54, 1.807) is 36.4 Å². The lowest BCUT2D eigenvalue weighted by Crippen LogP contribution is -2.32.